The molecule has 1 aromatic rings. The van der Waals surface area contributed by atoms with Gasteiger partial charge < -0.3 is 10.1 Å². The van der Waals surface area contributed by atoms with Gasteiger partial charge in [-0.2, -0.15) is 0 Å². The maximum absolute atomic E-state index is 5.05. The van der Waals surface area contributed by atoms with Crippen molar-refractivity contribution in [1.82, 2.24) is 5.32 Å². The first-order valence-electron chi connectivity index (χ1n) is 5.20. The van der Waals surface area contributed by atoms with E-state index in [1.54, 1.807) is 7.11 Å². The molecule has 0 bridgehead atoms. The lowest BCUT2D eigenvalue weighted by atomic mass is 10.2. The van der Waals surface area contributed by atoms with Crippen molar-refractivity contribution in [2.24, 2.45) is 0 Å². The fraction of sp³-hybridized carbons (Fsp3) is 0.500. The highest BCUT2D eigenvalue weighted by Crippen LogP contribution is 2.10. The highest BCUT2D eigenvalue weighted by atomic mass is 16.5. The van der Waals surface area contributed by atoms with Gasteiger partial charge in [-0.15, -0.1) is 0 Å². The first kappa shape index (κ1) is 13.0. The molecule has 1 aromatic carbocycles. The second-order valence-corrected chi connectivity index (χ2v) is 2.63. The van der Waals surface area contributed by atoms with E-state index in [9.17, 15) is 0 Å². The van der Waals surface area contributed by atoms with E-state index in [1.807, 2.05) is 26.0 Å². The van der Waals surface area contributed by atoms with Crippen LogP contribution in [-0.2, 0) is 6.54 Å². The monoisotopic (exact) mass is 197 g/mol. The van der Waals surface area contributed by atoms with Crippen LogP contribution in [0.25, 0.3) is 0 Å². The number of hydrogen-bond acceptors (Lipinski definition) is 2. The summed E-state index contributed by atoms with van der Waals surface area (Å²) in [4.78, 5) is 0. The van der Waals surface area contributed by atoms with Crippen LogP contribution in [0.1, 0.15) is 27.8 Å². The van der Waals surface area contributed by atoms with Gasteiger partial charge in [-0.1, -0.05) is 32.9 Å². The lowest BCUT2D eigenvalue weighted by Crippen LogP contribution is -2.11. The third kappa shape index (κ3) is 4.87. The summed E-state index contributed by atoms with van der Waals surface area (Å²) in [6.45, 7) is 8.04. The van der Waals surface area contributed by atoms with Crippen LogP contribution < -0.4 is 10.1 Å². The minimum atomic E-state index is 0. The summed E-state index contributed by atoms with van der Waals surface area (Å²) in [5.74, 6) is 0.912. The average molecular weight is 197 g/mol. The first-order valence-corrected chi connectivity index (χ1v) is 5.20. The molecule has 0 aromatic heterocycles. The molecule has 0 saturated carbocycles. The van der Waals surface area contributed by atoms with E-state index < -0.39 is 0 Å². The lowest BCUT2D eigenvalue weighted by Gasteiger charge is -2.03. The molecule has 14 heavy (non-hydrogen) atoms. The van der Waals surface area contributed by atoms with Crippen molar-refractivity contribution in [1.29, 1.82) is 0 Å². The van der Waals surface area contributed by atoms with E-state index in [0.717, 1.165) is 18.8 Å². The second kappa shape index (κ2) is 8.57. The van der Waals surface area contributed by atoms with Gasteiger partial charge in [0.15, 0.2) is 0 Å². The van der Waals surface area contributed by atoms with E-state index >= 15 is 0 Å². The summed E-state index contributed by atoms with van der Waals surface area (Å²) in [6.07, 6.45) is 0. The lowest BCUT2D eigenvalue weighted by molar-refractivity contribution is 0.414. The van der Waals surface area contributed by atoms with Crippen molar-refractivity contribution < 1.29 is 6.16 Å². The number of nitrogens with one attached hydrogen (secondary N) is 1. The molecule has 0 atom stereocenters. The van der Waals surface area contributed by atoms with Gasteiger partial charge in [0.1, 0.15) is 5.75 Å². The van der Waals surface area contributed by atoms with Crippen LogP contribution in [0.4, 0.5) is 0 Å². The second-order valence-electron chi connectivity index (χ2n) is 2.63. The summed E-state index contributed by atoms with van der Waals surface area (Å²) in [5.41, 5.74) is 1.29. The number of ether oxygens (including phenoxy) is 1. The Bertz CT molecular complexity index is 224. The number of hydrogen-bond donors (Lipinski definition) is 1. The van der Waals surface area contributed by atoms with Gasteiger partial charge in [-0.05, 0) is 24.2 Å². The molecule has 0 aliphatic rings. The largest absolute Gasteiger partial charge is 0.497 e. The maximum atomic E-state index is 5.05. The van der Waals surface area contributed by atoms with Crippen molar-refractivity contribution in [3.05, 3.63) is 29.8 Å². The van der Waals surface area contributed by atoms with E-state index in [-0.39, 0.29) is 1.43 Å². The van der Waals surface area contributed by atoms with Crippen molar-refractivity contribution in [2.45, 2.75) is 27.3 Å². The molecule has 2 heteroatoms. The molecular formula is C12H23NO. The predicted molar refractivity (Wildman–Crippen MR) is 63.8 cm³/mol. The molecule has 0 aliphatic heterocycles. The molecule has 0 aliphatic carbocycles. The van der Waals surface area contributed by atoms with E-state index in [0.29, 0.717) is 0 Å². The van der Waals surface area contributed by atoms with Crippen molar-refractivity contribution in [3.63, 3.8) is 0 Å². The number of methoxy groups -OCH3 is 1. The molecular weight excluding hydrogens is 174 g/mol. The van der Waals surface area contributed by atoms with Gasteiger partial charge in [0.25, 0.3) is 0 Å². The SMILES string of the molecule is CC.CCNCc1ccc(OC)cc1.[HH]. The molecule has 1 rings (SSSR count). The zero-order valence-electron chi connectivity index (χ0n) is 9.63. The topological polar surface area (TPSA) is 21.3 Å². The normalized spacial score (nSPS) is 8.86. The third-order valence-corrected chi connectivity index (χ3v) is 1.74. The summed E-state index contributed by atoms with van der Waals surface area (Å²) >= 11 is 0. The predicted octanol–water partition coefficient (Wildman–Crippen LogP) is 3.08. The zero-order valence-corrected chi connectivity index (χ0v) is 9.63. The quantitative estimate of drug-likeness (QED) is 0.801. The Morgan fingerprint density at radius 1 is 1.21 bits per heavy atom. The number of benzene rings is 1. The zero-order chi connectivity index (χ0) is 10.8. The van der Waals surface area contributed by atoms with Gasteiger partial charge in [0.05, 0.1) is 7.11 Å². The van der Waals surface area contributed by atoms with Gasteiger partial charge in [-0.3, -0.25) is 0 Å². The Hall–Kier alpha value is -1.02. The van der Waals surface area contributed by atoms with Crippen LogP contribution in [0.2, 0.25) is 0 Å². The van der Waals surface area contributed by atoms with Crippen LogP contribution in [-0.4, -0.2) is 13.7 Å². The minimum absolute atomic E-state index is 0. The number of rotatable bonds is 4. The van der Waals surface area contributed by atoms with Gasteiger partial charge >= 0.3 is 0 Å². The van der Waals surface area contributed by atoms with Crippen molar-refractivity contribution >= 4 is 0 Å². The van der Waals surface area contributed by atoms with E-state index in [4.69, 9.17) is 4.74 Å². The van der Waals surface area contributed by atoms with Gasteiger partial charge in [0.2, 0.25) is 0 Å². The highest BCUT2D eigenvalue weighted by molar-refractivity contribution is 5.26. The minimum Gasteiger partial charge on any atom is -0.497 e. The van der Waals surface area contributed by atoms with Crippen LogP contribution in [0.5, 0.6) is 5.75 Å². The van der Waals surface area contributed by atoms with Crippen LogP contribution in [0.15, 0.2) is 24.3 Å². The maximum Gasteiger partial charge on any atom is 0.118 e. The van der Waals surface area contributed by atoms with E-state index in [2.05, 4.69) is 24.4 Å². The molecule has 0 spiro atoms. The highest BCUT2D eigenvalue weighted by Gasteiger charge is 1.91. The molecule has 0 fully saturated rings. The molecule has 0 amide bonds. The molecule has 0 radical (unpaired) electrons. The standard InChI is InChI=1S/C10H15NO.C2H6.H2/c1-3-11-8-9-4-6-10(12-2)7-5-9;1-2;/h4-7,11H,3,8H2,1-2H3;1-2H3;1H. The van der Waals surface area contributed by atoms with Gasteiger partial charge in [0, 0.05) is 7.97 Å². The Labute approximate surface area is 88.8 Å². The van der Waals surface area contributed by atoms with E-state index in [1.165, 1.54) is 5.56 Å². The fourth-order valence-corrected chi connectivity index (χ4v) is 1.01. The van der Waals surface area contributed by atoms with Crippen molar-refractivity contribution in [3.8, 4) is 5.75 Å². The molecule has 2 nitrogen and oxygen atoms in total. The smallest absolute Gasteiger partial charge is 0.118 e. The first-order chi connectivity index (χ1) is 6.86. The van der Waals surface area contributed by atoms with Crippen LogP contribution in [0, 0.1) is 0 Å². The summed E-state index contributed by atoms with van der Waals surface area (Å²) in [7, 11) is 1.68. The molecule has 82 valence electrons. The Morgan fingerprint density at radius 2 is 1.79 bits per heavy atom. The molecule has 0 heterocycles. The van der Waals surface area contributed by atoms with Gasteiger partial charge in [-0.25, -0.2) is 0 Å². The molecule has 1 N–H and O–H groups in total. The Kier molecular flexibility index (Phi) is 7.95. The molecule has 0 unspecified atom stereocenters. The Morgan fingerprint density at radius 3 is 2.21 bits per heavy atom. The summed E-state index contributed by atoms with van der Waals surface area (Å²) in [5, 5.41) is 3.26. The summed E-state index contributed by atoms with van der Waals surface area (Å²) < 4.78 is 5.05. The Balaban J connectivity index is 0. The molecule has 0 saturated heterocycles. The summed E-state index contributed by atoms with van der Waals surface area (Å²) in [6, 6.07) is 8.10. The average Bonchev–Trinajstić information content (AvgIpc) is 2.30. The third-order valence-electron chi connectivity index (χ3n) is 1.74. The fourth-order valence-electron chi connectivity index (χ4n) is 1.01. The van der Waals surface area contributed by atoms with Crippen LogP contribution in [0.3, 0.4) is 0 Å². The van der Waals surface area contributed by atoms with Crippen molar-refractivity contribution in [2.75, 3.05) is 13.7 Å². The van der Waals surface area contributed by atoms with Crippen LogP contribution >= 0.6 is 0 Å².